The van der Waals surface area contributed by atoms with E-state index in [9.17, 15) is 4.79 Å². The maximum Gasteiger partial charge on any atom is 0.242 e. The number of carbonyl (C=O) groups is 1. The Morgan fingerprint density at radius 1 is 1.28 bits per heavy atom. The van der Waals surface area contributed by atoms with Gasteiger partial charge in [-0.1, -0.05) is 43.2 Å². The standard InChI is InChI=1S/C15H22N2O/c1-17(12-9-13-7-3-2-4-8-13)14(18)15(16)10-5-6-11-15/h2-4,7-8H,5-6,9-12,16H2,1H3. The summed E-state index contributed by atoms with van der Waals surface area (Å²) < 4.78 is 0. The van der Waals surface area contributed by atoms with Crippen molar-refractivity contribution in [1.82, 2.24) is 4.90 Å². The van der Waals surface area contributed by atoms with E-state index in [-0.39, 0.29) is 5.91 Å². The highest BCUT2D eigenvalue weighted by Gasteiger charge is 2.38. The summed E-state index contributed by atoms with van der Waals surface area (Å²) in [5.74, 6) is 0.107. The van der Waals surface area contributed by atoms with Crippen molar-refractivity contribution in [2.75, 3.05) is 13.6 Å². The minimum atomic E-state index is -0.592. The number of nitrogens with zero attached hydrogens (tertiary/aromatic N) is 1. The monoisotopic (exact) mass is 246 g/mol. The van der Waals surface area contributed by atoms with Gasteiger partial charge < -0.3 is 10.6 Å². The average Bonchev–Trinajstić information content (AvgIpc) is 2.84. The van der Waals surface area contributed by atoms with Gasteiger partial charge >= 0.3 is 0 Å². The van der Waals surface area contributed by atoms with Gasteiger partial charge in [-0.15, -0.1) is 0 Å². The molecule has 0 unspecified atom stereocenters. The molecule has 0 saturated heterocycles. The van der Waals surface area contributed by atoms with Gasteiger partial charge in [-0.25, -0.2) is 0 Å². The normalized spacial score (nSPS) is 17.7. The van der Waals surface area contributed by atoms with Crippen molar-refractivity contribution in [1.29, 1.82) is 0 Å². The van der Waals surface area contributed by atoms with E-state index in [2.05, 4.69) is 12.1 Å². The third-order valence-corrected chi connectivity index (χ3v) is 3.85. The molecular weight excluding hydrogens is 224 g/mol. The summed E-state index contributed by atoms with van der Waals surface area (Å²) in [6.07, 6.45) is 4.71. The lowest BCUT2D eigenvalue weighted by molar-refractivity contribution is -0.135. The molecule has 2 N–H and O–H groups in total. The average molecular weight is 246 g/mol. The van der Waals surface area contributed by atoms with E-state index < -0.39 is 5.54 Å². The summed E-state index contributed by atoms with van der Waals surface area (Å²) in [5, 5.41) is 0. The zero-order chi connectivity index (χ0) is 13.0. The molecule has 1 amide bonds. The molecule has 2 rings (SSSR count). The number of likely N-dealkylation sites (N-methyl/N-ethyl adjacent to an activating group) is 1. The number of hydrogen-bond donors (Lipinski definition) is 1. The number of carbonyl (C=O) groups excluding carboxylic acids is 1. The SMILES string of the molecule is CN(CCc1ccccc1)C(=O)C1(N)CCCC1. The molecular formula is C15H22N2O. The molecule has 0 aliphatic heterocycles. The molecule has 1 aliphatic carbocycles. The van der Waals surface area contributed by atoms with Gasteiger partial charge in [0.05, 0.1) is 5.54 Å². The predicted octanol–water partition coefficient (Wildman–Crippen LogP) is 1.96. The number of amides is 1. The van der Waals surface area contributed by atoms with Crippen molar-refractivity contribution in [3.05, 3.63) is 35.9 Å². The van der Waals surface area contributed by atoms with Crippen molar-refractivity contribution in [2.24, 2.45) is 5.73 Å². The minimum absolute atomic E-state index is 0.107. The van der Waals surface area contributed by atoms with E-state index in [0.29, 0.717) is 0 Å². The molecule has 0 spiro atoms. The van der Waals surface area contributed by atoms with Crippen LogP contribution in [0, 0.1) is 0 Å². The van der Waals surface area contributed by atoms with Gasteiger partial charge in [0, 0.05) is 13.6 Å². The Bertz CT molecular complexity index is 396. The van der Waals surface area contributed by atoms with Crippen LogP contribution >= 0.6 is 0 Å². The third kappa shape index (κ3) is 2.91. The smallest absolute Gasteiger partial charge is 0.242 e. The molecule has 0 heterocycles. The first kappa shape index (κ1) is 13.1. The van der Waals surface area contributed by atoms with Crippen molar-refractivity contribution in [3.8, 4) is 0 Å². The summed E-state index contributed by atoms with van der Waals surface area (Å²) in [6.45, 7) is 0.738. The van der Waals surface area contributed by atoms with Gasteiger partial charge in [0.2, 0.25) is 5.91 Å². The Kier molecular flexibility index (Phi) is 4.02. The van der Waals surface area contributed by atoms with Gasteiger partial charge in [-0.3, -0.25) is 4.79 Å². The van der Waals surface area contributed by atoms with E-state index in [1.807, 2.05) is 25.2 Å². The van der Waals surface area contributed by atoms with E-state index in [4.69, 9.17) is 5.73 Å². The second-order valence-corrected chi connectivity index (χ2v) is 5.33. The predicted molar refractivity (Wildman–Crippen MR) is 73.2 cm³/mol. The van der Waals surface area contributed by atoms with Gasteiger partial charge in [-0.05, 0) is 24.8 Å². The van der Waals surface area contributed by atoms with Crippen molar-refractivity contribution in [3.63, 3.8) is 0 Å². The van der Waals surface area contributed by atoms with Crippen LogP contribution in [-0.4, -0.2) is 29.9 Å². The molecule has 1 saturated carbocycles. The Balaban J connectivity index is 1.88. The lowest BCUT2D eigenvalue weighted by atomic mass is 9.97. The molecule has 98 valence electrons. The molecule has 1 aromatic rings. The quantitative estimate of drug-likeness (QED) is 0.882. The molecule has 1 fully saturated rings. The summed E-state index contributed by atoms with van der Waals surface area (Å²) in [5.41, 5.74) is 6.85. The second kappa shape index (κ2) is 5.53. The molecule has 1 aromatic carbocycles. The minimum Gasteiger partial charge on any atom is -0.344 e. The van der Waals surface area contributed by atoms with Gasteiger partial charge in [0.15, 0.2) is 0 Å². The molecule has 0 bridgehead atoms. The highest BCUT2D eigenvalue weighted by Crippen LogP contribution is 2.28. The first-order chi connectivity index (χ1) is 8.62. The van der Waals surface area contributed by atoms with Crippen LogP contribution in [0.5, 0.6) is 0 Å². The summed E-state index contributed by atoms with van der Waals surface area (Å²) in [7, 11) is 1.86. The van der Waals surface area contributed by atoms with Crippen molar-refractivity contribution in [2.45, 2.75) is 37.6 Å². The Labute approximate surface area is 109 Å². The van der Waals surface area contributed by atoms with E-state index >= 15 is 0 Å². The maximum atomic E-state index is 12.3. The van der Waals surface area contributed by atoms with Crippen molar-refractivity contribution >= 4 is 5.91 Å². The van der Waals surface area contributed by atoms with Gasteiger partial charge in [0.1, 0.15) is 0 Å². The fourth-order valence-corrected chi connectivity index (χ4v) is 2.64. The van der Waals surface area contributed by atoms with Crippen LogP contribution in [0.2, 0.25) is 0 Å². The van der Waals surface area contributed by atoms with E-state index in [0.717, 1.165) is 38.6 Å². The molecule has 18 heavy (non-hydrogen) atoms. The molecule has 0 radical (unpaired) electrons. The van der Waals surface area contributed by atoms with Gasteiger partial charge in [0.25, 0.3) is 0 Å². The van der Waals surface area contributed by atoms with Crippen LogP contribution in [0.25, 0.3) is 0 Å². The Hall–Kier alpha value is -1.35. The summed E-state index contributed by atoms with van der Waals surface area (Å²) in [4.78, 5) is 14.1. The lowest BCUT2D eigenvalue weighted by Crippen LogP contribution is -2.52. The second-order valence-electron chi connectivity index (χ2n) is 5.33. The van der Waals surface area contributed by atoms with Crippen LogP contribution in [0.4, 0.5) is 0 Å². The zero-order valence-corrected chi connectivity index (χ0v) is 11.1. The van der Waals surface area contributed by atoms with Crippen LogP contribution in [-0.2, 0) is 11.2 Å². The van der Waals surface area contributed by atoms with Crippen LogP contribution in [0.1, 0.15) is 31.2 Å². The molecule has 0 aromatic heterocycles. The Morgan fingerprint density at radius 2 is 1.89 bits per heavy atom. The summed E-state index contributed by atoms with van der Waals surface area (Å²) in [6, 6.07) is 10.2. The van der Waals surface area contributed by atoms with Crippen LogP contribution in [0.15, 0.2) is 30.3 Å². The fraction of sp³-hybridized carbons (Fsp3) is 0.533. The number of benzene rings is 1. The molecule has 1 aliphatic rings. The molecule has 3 nitrogen and oxygen atoms in total. The van der Waals surface area contributed by atoms with E-state index in [1.165, 1.54) is 5.56 Å². The maximum absolute atomic E-state index is 12.3. The van der Waals surface area contributed by atoms with E-state index in [1.54, 1.807) is 4.90 Å². The highest BCUT2D eigenvalue weighted by molar-refractivity contribution is 5.86. The summed E-state index contributed by atoms with van der Waals surface area (Å²) >= 11 is 0. The third-order valence-electron chi connectivity index (χ3n) is 3.85. The van der Waals surface area contributed by atoms with Crippen molar-refractivity contribution < 1.29 is 4.79 Å². The lowest BCUT2D eigenvalue weighted by Gasteiger charge is -2.28. The fourth-order valence-electron chi connectivity index (χ4n) is 2.64. The number of hydrogen-bond acceptors (Lipinski definition) is 2. The van der Waals surface area contributed by atoms with Gasteiger partial charge in [-0.2, -0.15) is 0 Å². The highest BCUT2D eigenvalue weighted by atomic mass is 16.2. The number of rotatable bonds is 4. The van der Waals surface area contributed by atoms with Crippen LogP contribution in [0.3, 0.4) is 0 Å². The first-order valence-electron chi connectivity index (χ1n) is 6.70. The first-order valence-corrected chi connectivity index (χ1v) is 6.70. The molecule has 3 heteroatoms. The number of nitrogens with two attached hydrogens (primary N) is 1. The van der Waals surface area contributed by atoms with Crippen LogP contribution < -0.4 is 5.73 Å². The largest absolute Gasteiger partial charge is 0.344 e. The molecule has 0 atom stereocenters. The Morgan fingerprint density at radius 3 is 2.50 bits per heavy atom. The zero-order valence-electron chi connectivity index (χ0n) is 11.1. The topological polar surface area (TPSA) is 46.3 Å².